The number of carbonyl (C=O) groups excluding carboxylic acids is 2. The van der Waals surface area contributed by atoms with Crippen LogP contribution in [-0.2, 0) is 22.6 Å². The average molecular weight is 373 g/mol. The quantitative estimate of drug-likeness (QED) is 0.804. The van der Waals surface area contributed by atoms with Gasteiger partial charge in [-0.25, -0.2) is 0 Å². The molecule has 0 bridgehead atoms. The summed E-state index contributed by atoms with van der Waals surface area (Å²) in [4.78, 5) is 26.9. The van der Waals surface area contributed by atoms with Crippen molar-refractivity contribution < 1.29 is 9.59 Å². The Bertz CT molecular complexity index is 759. The van der Waals surface area contributed by atoms with Crippen molar-refractivity contribution in [3.05, 3.63) is 70.2 Å². The van der Waals surface area contributed by atoms with Gasteiger partial charge in [0.05, 0.1) is 6.42 Å². The van der Waals surface area contributed by atoms with Crippen LogP contribution in [0, 0.1) is 6.92 Å². The van der Waals surface area contributed by atoms with E-state index < -0.39 is 6.04 Å². The van der Waals surface area contributed by atoms with Gasteiger partial charge in [0, 0.05) is 18.1 Å². The van der Waals surface area contributed by atoms with E-state index in [1.54, 1.807) is 17.9 Å². The summed E-state index contributed by atoms with van der Waals surface area (Å²) in [5.41, 5.74) is 2.89. The highest BCUT2D eigenvalue weighted by Crippen LogP contribution is 2.19. The maximum atomic E-state index is 13.0. The van der Waals surface area contributed by atoms with E-state index >= 15 is 0 Å². The summed E-state index contributed by atoms with van der Waals surface area (Å²) in [5, 5.41) is 3.37. The fourth-order valence-corrected chi connectivity index (χ4v) is 2.89. The van der Waals surface area contributed by atoms with Crippen LogP contribution in [0.4, 0.5) is 0 Å². The van der Waals surface area contributed by atoms with Crippen LogP contribution in [0.1, 0.15) is 30.5 Å². The molecule has 1 N–H and O–H groups in total. The van der Waals surface area contributed by atoms with E-state index in [2.05, 4.69) is 5.32 Å². The number of nitrogens with zero attached hydrogens (tertiary/aromatic N) is 1. The van der Waals surface area contributed by atoms with E-state index in [-0.39, 0.29) is 18.2 Å². The minimum atomic E-state index is -0.579. The van der Waals surface area contributed by atoms with Gasteiger partial charge in [0.15, 0.2) is 0 Å². The number of hydrogen-bond acceptors (Lipinski definition) is 2. The van der Waals surface area contributed by atoms with Crippen molar-refractivity contribution in [3.8, 4) is 0 Å². The van der Waals surface area contributed by atoms with Gasteiger partial charge in [0.2, 0.25) is 11.8 Å². The van der Waals surface area contributed by atoms with E-state index in [0.29, 0.717) is 18.1 Å². The Morgan fingerprint density at radius 2 is 1.77 bits per heavy atom. The van der Waals surface area contributed by atoms with Gasteiger partial charge in [-0.3, -0.25) is 9.59 Å². The molecule has 2 amide bonds. The zero-order valence-electron chi connectivity index (χ0n) is 15.5. The molecule has 1 atom stereocenters. The topological polar surface area (TPSA) is 49.4 Å². The van der Waals surface area contributed by atoms with E-state index in [4.69, 9.17) is 11.6 Å². The first-order valence-electron chi connectivity index (χ1n) is 8.78. The third-order valence-electron chi connectivity index (χ3n) is 4.29. The summed E-state index contributed by atoms with van der Waals surface area (Å²) in [5.74, 6) is -0.274. The summed E-state index contributed by atoms with van der Waals surface area (Å²) in [7, 11) is 0. The normalized spacial score (nSPS) is 11.7. The van der Waals surface area contributed by atoms with Crippen molar-refractivity contribution in [1.29, 1.82) is 0 Å². The van der Waals surface area contributed by atoms with Crippen LogP contribution in [0.3, 0.4) is 0 Å². The molecular formula is C21H25ClN2O2. The van der Waals surface area contributed by atoms with E-state index in [0.717, 1.165) is 16.7 Å². The summed E-state index contributed by atoms with van der Waals surface area (Å²) in [6, 6.07) is 14.6. The number of hydrogen-bond donors (Lipinski definition) is 1. The molecule has 0 aliphatic carbocycles. The number of aryl methyl sites for hydroxylation is 1. The lowest BCUT2D eigenvalue weighted by atomic mass is 10.1. The van der Waals surface area contributed by atoms with Crippen LogP contribution in [0.15, 0.2) is 48.5 Å². The zero-order valence-corrected chi connectivity index (χ0v) is 16.2. The molecule has 0 aromatic heterocycles. The molecule has 138 valence electrons. The monoisotopic (exact) mass is 372 g/mol. The molecule has 26 heavy (non-hydrogen) atoms. The molecule has 2 aromatic rings. The van der Waals surface area contributed by atoms with Crippen molar-refractivity contribution in [2.75, 3.05) is 6.54 Å². The predicted molar refractivity (Wildman–Crippen MR) is 105 cm³/mol. The Kier molecular flexibility index (Phi) is 7.22. The molecule has 4 nitrogen and oxygen atoms in total. The van der Waals surface area contributed by atoms with Crippen molar-refractivity contribution >= 4 is 23.4 Å². The fourth-order valence-electron chi connectivity index (χ4n) is 2.70. The molecule has 0 radical (unpaired) electrons. The molecular weight excluding hydrogens is 348 g/mol. The van der Waals surface area contributed by atoms with Gasteiger partial charge in [-0.15, -0.1) is 0 Å². The molecule has 0 unspecified atom stereocenters. The highest BCUT2D eigenvalue weighted by molar-refractivity contribution is 6.31. The number of benzene rings is 2. The number of nitrogens with one attached hydrogen (secondary N) is 1. The Morgan fingerprint density at radius 3 is 2.38 bits per heavy atom. The maximum absolute atomic E-state index is 13.0. The molecule has 0 saturated carbocycles. The summed E-state index contributed by atoms with van der Waals surface area (Å²) in [6.07, 6.45) is 0.245. The first-order valence-corrected chi connectivity index (χ1v) is 9.16. The first-order chi connectivity index (χ1) is 12.4. The maximum Gasteiger partial charge on any atom is 0.242 e. The van der Waals surface area contributed by atoms with Crippen molar-refractivity contribution in [2.24, 2.45) is 0 Å². The molecule has 2 rings (SSSR count). The Balaban J connectivity index is 2.23. The average Bonchev–Trinajstić information content (AvgIpc) is 2.62. The molecule has 5 heteroatoms. The van der Waals surface area contributed by atoms with Crippen LogP contribution in [-0.4, -0.2) is 29.3 Å². The van der Waals surface area contributed by atoms with Crippen LogP contribution < -0.4 is 5.32 Å². The van der Waals surface area contributed by atoms with Crippen LogP contribution in [0.2, 0.25) is 5.02 Å². The fraction of sp³-hybridized carbons (Fsp3) is 0.333. The van der Waals surface area contributed by atoms with Crippen molar-refractivity contribution in [2.45, 2.75) is 39.8 Å². The second-order valence-corrected chi connectivity index (χ2v) is 6.75. The summed E-state index contributed by atoms with van der Waals surface area (Å²) >= 11 is 6.26. The Labute approximate surface area is 160 Å². The smallest absolute Gasteiger partial charge is 0.242 e. The van der Waals surface area contributed by atoms with E-state index in [1.807, 2.05) is 56.3 Å². The van der Waals surface area contributed by atoms with Crippen LogP contribution in [0.25, 0.3) is 0 Å². The molecule has 0 fully saturated rings. The lowest BCUT2D eigenvalue weighted by molar-refractivity contribution is -0.140. The van der Waals surface area contributed by atoms with Gasteiger partial charge in [-0.2, -0.15) is 0 Å². The van der Waals surface area contributed by atoms with Crippen LogP contribution >= 0.6 is 11.6 Å². The van der Waals surface area contributed by atoms with Crippen molar-refractivity contribution in [1.82, 2.24) is 10.2 Å². The number of likely N-dealkylation sites (N-methyl/N-ethyl adjacent to an activating group) is 1. The number of halogens is 1. The second-order valence-electron chi connectivity index (χ2n) is 6.35. The lowest BCUT2D eigenvalue weighted by Gasteiger charge is -2.29. The van der Waals surface area contributed by atoms with Crippen molar-refractivity contribution in [3.63, 3.8) is 0 Å². The molecule has 0 spiro atoms. The number of rotatable bonds is 7. The van der Waals surface area contributed by atoms with Gasteiger partial charge in [0.25, 0.3) is 0 Å². The standard InChI is InChI=1S/C21H25ClN2O2/c1-4-23-21(26)16(3)24(14-18-7-5-6-8-19(18)22)20(25)13-17-11-9-15(2)10-12-17/h5-12,16H,4,13-14H2,1-3H3,(H,23,26)/t16-/m0/s1. The highest BCUT2D eigenvalue weighted by Gasteiger charge is 2.26. The van der Waals surface area contributed by atoms with E-state index in [9.17, 15) is 9.59 Å². The molecule has 2 aromatic carbocycles. The molecule has 0 aliphatic rings. The van der Waals surface area contributed by atoms with Crippen LogP contribution in [0.5, 0.6) is 0 Å². The second kappa shape index (κ2) is 9.39. The highest BCUT2D eigenvalue weighted by atomic mass is 35.5. The van der Waals surface area contributed by atoms with Gasteiger partial charge in [-0.05, 0) is 38.0 Å². The molecule has 0 aliphatic heterocycles. The SMILES string of the molecule is CCNC(=O)[C@H](C)N(Cc1ccccc1Cl)C(=O)Cc1ccc(C)cc1. The summed E-state index contributed by atoms with van der Waals surface area (Å²) in [6.45, 7) is 6.43. The predicted octanol–water partition coefficient (Wildman–Crippen LogP) is 3.74. The zero-order chi connectivity index (χ0) is 19.1. The minimum absolute atomic E-state index is 0.104. The van der Waals surface area contributed by atoms with Gasteiger partial charge >= 0.3 is 0 Å². The van der Waals surface area contributed by atoms with E-state index in [1.165, 1.54) is 0 Å². The first kappa shape index (κ1) is 20.0. The summed E-state index contributed by atoms with van der Waals surface area (Å²) < 4.78 is 0. The molecule has 0 heterocycles. The largest absolute Gasteiger partial charge is 0.355 e. The van der Waals surface area contributed by atoms with Gasteiger partial charge < -0.3 is 10.2 Å². The Morgan fingerprint density at radius 1 is 1.12 bits per heavy atom. The lowest BCUT2D eigenvalue weighted by Crippen LogP contribution is -2.48. The minimum Gasteiger partial charge on any atom is -0.355 e. The van der Waals surface area contributed by atoms with Gasteiger partial charge in [-0.1, -0.05) is 59.6 Å². The third kappa shape index (κ3) is 5.33. The number of carbonyl (C=O) groups is 2. The van der Waals surface area contributed by atoms with Gasteiger partial charge in [0.1, 0.15) is 6.04 Å². The third-order valence-corrected chi connectivity index (χ3v) is 4.66. The number of amides is 2. The Hall–Kier alpha value is -2.33. The molecule has 0 saturated heterocycles.